The summed E-state index contributed by atoms with van der Waals surface area (Å²) in [7, 11) is 0. The number of halogens is 3. The molecule has 1 amide bonds. The third-order valence-electron chi connectivity index (χ3n) is 2.92. The standard InChI is InChI=1S/C7H8F3NO2/c8-7(9,10)5-1-6(2-5,4(11)12)13-3-5/h1-3H2,(H2,11,12). The van der Waals surface area contributed by atoms with Crippen LogP contribution in [0, 0.1) is 5.41 Å². The van der Waals surface area contributed by atoms with E-state index in [1.807, 2.05) is 0 Å². The summed E-state index contributed by atoms with van der Waals surface area (Å²) in [5, 5.41) is 0. The summed E-state index contributed by atoms with van der Waals surface area (Å²) in [6.45, 7) is -0.431. The predicted octanol–water partition coefficient (Wildman–Crippen LogP) is 0.583. The Hall–Kier alpha value is -0.780. The van der Waals surface area contributed by atoms with Crippen molar-refractivity contribution < 1.29 is 22.7 Å². The second-order valence-corrected chi connectivity index (χ2v) is 3.78. The molecule has 2 bridgehead atoms. The maximum atomic E-state index is 12.4. The first-order valence-corrected chi connectivity index (χ1v) is 3.82. The quantitative estimate of drug-likeness (QED) is 0.665. The van der Waals surface area contributed by atoms with Gasteiger partial charge in [0.1, 0.15) is 5.60 Å². The Kier molecular flexibility index (Phi) is 1.35. The highest BCUT2D eigenvalue weighted by Gasteiger charge is 2.75. The highest BCUT2D eigenvalue weighted by molar-refractivity contribution is 5.85. The first-order valence-electron chi connectivity index (χ1n) is 3.82. The van der Waals surface area contributed by atoms with Crippen molar-refractivity contribution in [3.8, 4) is 0 Å². The number of carbonyl (C=O) groups is 1. The Balaban J connectivity index is 2.20. The Bertz CT molecular complexity index is 267. The van der Waals surface area contributed by atoms with Gasteiger partial charge in [-0.1, -0.05) is 0 Å². The highest BCUT2D eigenvalue weighted by Crippen LogP contribution is 2.64. The van der Waals surface area contributed by atoms with Crippen molar-refractivity contribution in [3.05, 3.63) is 0 Å². The number of carbonyl (C=O) groups excluding carboxylic acids is 1. The fraction of sp³-hybridized carbons (Fsp3) is 0.857. The summed E-state index contributed by atoms with van der Waals surface area (Å²) in [5.41, 5.74) is 1.81. The van der Waals surface area contributed by atoms with Crippen LogP contribution in [0.5, 0.6) is 0 Å². The molecule has 2 saturated heterocycles. The lowest BCUT2D eigenvalue weighted by molar-refractivity contribution is -0.241. The van der Waals surface area contributed by atoms with E-state index in [1.54, 1.807) is 0 Å². The van der Waals surface area contributed by atoms with E-state index in [9.17, 15) is 18.0 Å². The van der Waals surface area contributed by atoms with Gasteiger partial charge in [-0.3, -0.25) is 4.79 Å². The van der Waals surface area contributed by atoms with Gasteiger partial charge in [0.25, 0.3) is 0 Å². The van der Waals surface area contributed by atoms with Crippen LogP contribution in [0.3, 0.4) is 0 Å². The van der Waals surface area contributed by atoms with Crippen LogP contribution in [0.1, 0.15) is 12.8 Å². The molecular formula is C7H8F3NO2. The van der Waals surface area contributed by atoms with E-state index in [-0.39, 0.29) is 12.8 Å². The maximum absolute atomic E-state index is 12.4. The lowest BCUT2D eigenvalue weighted by Crippen LogP contribution is -2.58. The molecule has 6 heteroatoms. The molecular weight excluding hydrogens is 187 g/mol. The molecule has 2 aliphatic heterocycles. The fourth-order valence-corrected chi connectivity index (χ4v) is 2.05. The summed E-state index contributed by atoms with van der Waals surface area (Å²) in [6.07, 6.45) is -4.90. The fourth-order valence-electron chi connectivity index (χ4n) is 2.05. The molecule has 13 heavy (non-hydrogen) atoms. The van der Waals surface area contributed by atoms with Crippen molar-refractivity contribution in [2.45, 2.75) is 24.6 Å². The van der Waals surface area contributed by atoms with E-state index in [0.717, 1.165) is 0 Å². The molecule has 0 aromatic carbocycles. The second kappa shape index (κ2) is 2.00. The topological polar surface area (TPSA) is 52.3 Å². The molecule has 1 saturated carbocycles. The van der Waals surface area contributed by atoms with Crippen molar-refractivity contribution in [1.29, 1.82) is 0 Å². The Morgan fingerprint density at radius 3 is 2.15 bits per heavy atom. The van der Waals surface area contributed by atoms with Gasteiger partial charge in [-0.2, -0.15) is 13.2 Å². The van der Waals surface area contributed by atoms with Gasteiger partial charge in [0.2, 0.25) is 5.91 Å². The molecule has 0 aromatic heterocycles. The monoisotopic (exact) mass is 195 g/mol. The first-order chi connectivity index (χ1) is 5.81. The van der Waals surface area contributed by atoms with Gasteiger partial charge in [-0.25, -0.2) is 0 Å². The van der Waals surface area contributed by atoms with Crippen molar-refractivity contribution >= 4 is 5.91 Å². The molecule has 0 spiro atoms. The molecule has 3 rings (SSSR count). The summed E-state index contributed by atoms with van der Waals surface area (Å²) in [5.74, 6) is -0.787. The van der Waals surface area contributed by atoms with Gasteiger partial charge in [0, 0.05) is 12.8 Å². The predicted molar refractivity (Wildman–Crippen MR) is 35.6 cm³/mol. The molecule has 2 heterocycles. The van der Waals surface area contributed by atoms with Crippen LogP contribution in [0.2, 0.25) is 0 Å². The summed E-state index contributed by atoms with van der Waals surface area (Å²) in [6, 6.07) is 0. The van der Waals surface area contributed by atoms with Gasteiger partial charge < -0.3 is 10.5 Å². The first kappa shape index (κ1) is 8.80. The van der Waals surface area contributed by atoms with E-state index in [1.165, 1.54) is 0 Å². The van der Waals surface area contributed by atoms with Crippen molar-refractivity contribution in [3.63, 3.8) is 0 Å². The minimum Gasteiger partial charge on any atom is -0.367 e. The molecule has 0 radical (unpaired) electrons. The Morgan fingerprint density at radius 1 is 1.38 bits per heavy atom. The molecule has 3 fully saturated rings. The van der Waals surface area contributed by atoms with Crippen molar-refractivity contribution in [1.82, 2.24) is 0 Å². The normalized spacial score (nSPS) is 43.0. The minimum absolute atomic E-state index is 0.307. The molecule has 1 aliphatic carbocycles. The maximum Gasteiger partial charge on any atom is 0.396 e. The molecule has 74 valence electrons. The van der Waals surface area contributed by atoms with E-state index in [2.05, 4.69) is 0 Å². The number of ether oxygens (including phenoxy) is 1. The zero-order valence-electron chi connectivity index (χ0n) is 6.65. The number of hydrogen-bond acceptors (Lipinski definition) is 2. The van der Waals surface area contributed by atoms with Crippen LogP contribution in [0.4, 0.5) is 13.2 Å². The Morgan fingerprint density at radius 2 is 1.92 bits per heavy atom. The third kappa shape index (κ3) is 0.864. The molecule has 2 N–H and O–H groups in total. The zero-order valence-corrected chi connectivity index (χ0v) is 6.65. The lowest BCUT2D eigenvalue weighted by atomic mass is 9.61. The number of hydrogen-bond donors (Lipinski definition) is 1. The summed E-state index contributed by atoms with van der Waals surface area (Å²) in [4.78, 5) is 10.8. The molecule has 3 aliphatic rings. The second-order valence-electron chi connectivity index (χ2n) is 3.78. The van der Waals surface area contributed by atoms with Gasteiger partial charge in [0.05, 0.1) is 12.0 Å². The van der Waals surface area contributed by atoms with E-state index >= 15 is 0 Å². The summed E-state index contributed by atoms with van der Waals surface area (Å²) < 4.78 is 42.0. The minimum atomic E-state index is -4.29. The molecule has 3 nitrogen and oxygen atoms in total. The molecule has 0 aromatic rings. The van der Waals surface area contributed by atoms with Crippen LogP contribution < -0.4 is 5.73 Å². The average molecular weight is 195 g/mol. The van der Waals surface area contributed by atoms with Gasteiger partial charge in [0.15, 0.2) is 0 Å². The van der Waals surface area contributed by atoms with Crippen LogP contribution in [-0.2, 0) is 9.53 Å². The number of amides is 1. The Labute approximate surface area is 72.0 Å². The lowest BCUT2D eigenvalue weighted by Gasteiger charge is -2.42. The number of fused-ring (bicyclic) bond motifs is 1. The molecule has 0 atom stereocenters. The average Bonchev–Trinajstić information content (AvgIpc) is 2.34. The van der Waals surface area contributed by atoms with Crippen LogP contribution >= 0.6 is 0 Å². The van der Waals surface area contributed by atoms with E-state index < -0.39 is 29.7 Å². The highest BCUT2D eigenvalue weighted by atomic mass is 19.4. The third-order valence-corrected chi connectivity index (χ3v) is 2.92. The SMILES string of the molecule is NC(=O)C12CC(C(F)(F)F)(CO1)C2. The van der Waals surface area contributed by atoms with E-state index in [0.29, 0.717) is 0 Å². The number of nitrogens with two attached hydrogens (primary N) is 1. The number of rotatable bonds is 1. The van der Waals surface area contributed by atoms with Gasteiger partial charge >= 0.3 is 6.18 Å². The number of alkyl halides is 3. The van der Waals surface area contributed by atoms with Crippen molar-refractivity contribution in [2.24, 2.45) is 11.1 Å². The van der Waals surface area contributed by atoms with Crippen LogP contribution in [-0.4, -0.2) is 24.3 Å². The number of primary amides is 1. The van der Waals surface area contributed by atoms with E-state index in [4.69, 9.17) is 10.5 Å². The smallest absolute Gasteiger partial charge is 0.367 e. The van der Waals surface area contributed by atoms with Gasteiger partial charge in [-0.15, -0.1) is 0 Å². The van der Waals surface area contributed by atoms with Crippen LogP contribution in [0.15, 0.2) is 0 Å². The van der Waals surface area contributed by atoms with Gasteiger partial charge in [-0.05, 0) is 0 Å². The van der Waals surface area contributed by atoms with Crippen molar-refractivity contribution in [2.75, 3.05) is 6.61 Å². The zero-order chi connectivity index (χ0) is 9.91. The largest absolute Gasteiger partial charge is 0.396 e. The van der Waals surface area contributed by atoms with Crippen LogP contribution in [0.25, 0.3) is 0 Å². The molecule has 0 unspecified atom stereocenters. The summed E-state index contributed by atoms with van der Waals surface area (Å²) >= 11 is 0.